The van der Waals surface area contributed by atoms with Crippen LogP contribution < -0.4 is 25.0 Å². The van der Waals surface area contributed by atoms with Crippen LogP contribution in [0.5, 0.6) is 11.5 Å². The van der Waals surface area contributed by atoms with E-state index in [1.54, 1.807) is 24.5 Å². The average molecular weight is 938 g/mol. The summed E-state index contributed by atoms with van der Waals surface area (Å²) < 4.78 is 42.6. The summed E-state index contributed by atoms with van der Waals surface area (Å²) in [6.45, 7) is 10.6. The number of allylic oxidation sites excluding steroid dienone is 1. The zero-order chi connectivity index (χ0) is 46.0. The molecule has 4 aliphatic rings. The van der Waals surface area contributed by atoms with Gasteiger partial charge in [-0.2, -0.15) is 0 Å². The summed E-state index contributed by atoms with van der Waals surface area (Å²) >= 11 is 6.26. The number of para-hydroxylation sites is 1. The summed E-state index contributed by atoms with van der Waals surface area (Å²) in [5.74, 6) is 0.000539. The molecule has 0 spiro atoms. The van der Waals surface area contributed by atoms with Gasteiger partial charge < -0.3 is 30.0 Å². The van der Waals surface area contributed by atoms with Gasteiger partial charge in [-0.3, -0.25) is 19.8 Å². The van der Waals surface area contributed by atoms with Crippen molar-refractivity contribution < 1.29 is 27.6 Å². The fraction of sp³-hybridized carbons (Fsp3) is 0.429. The molecule has 3 fully saturated rings. The lowest BCUT2D eigenvalue weighted by molar-refractivity contribution is -0.384. The van der Waals surface area contributed by atoms with Crippen LogP contribution in [-0.2, 0) is 14.8 Å². The number of pyridine rings is 1. The summed E-state index contributed by atoms with van der Waals surface area (Å²) in [5.41, 5.74) is 5.35. The van der Waals surface area contributed by atoms with E-state index in [4.69, 9.17) is 21.1 Å². The Balaban J connectivity index is 0.930. The SMILES string of the molecule is CC1(C)CCC(CN2CCN(c3cccc(C(=O)NS(=O)(=O)c4ccc(N[C@H]5CC[C@H](C6CNCCO6)CC5)c([N+](=O)[O-])c4)c3Oc3cnc4[nH]ccc4c3)CC2)=C(c2ccc(Cl)cc2)C1. The number of rotatable bonds is 13. The molecule has 5 aromatic rings. The van der Waals surface area contributed by atoms with Crippen molar-refractivity contribution in [2.24, 2.45) is 11.3 Å². The number of hydrogen-bond donors (Lipinski definition) is 4. The van der Waals surface area contributed by atoms with Gasteiger partial charge in [0.1, 0.15) is 17.1 Å². The third kappa shape index (κ3) is 10.4. The number of fused-ring (bicyclic) bond motifs is 1. The zero-order valence-electron chi connectivity index (χ0n) is 37.4. The second kappa shape index (κ2) is 19.4. The predicted molar refractivity (Wildman–Crippen MR) is 257 cm³/mol. The summed E-state index contributed by atoms with van der Waals surface area (Å²) in [6, 6.07) is 20.6. The molecule has 0 bridgehead atoms. The van der Waals surface area contributed by atoms with Gasteiger partial charge in [-0.1, -0.05) is 49.2 Å². The van der Waals surface area contributed by atoms with E-state index in [1.807, 2.05) is 24.3 Å². The number of aromatic nitrogens is 2. The van der Waals surface area contributed by atoms with Crippen LogP contribution >= 0.6 is 11.6 Å². The fourth-order valence-electron chi connectivity index (χ4n) is 9.97. The van der Waals surface area contributed by atoms with Crippen molar-refractivity contribution in [2.75, 3.05) is 62.6 Å². The van der Waals surface area contributed by atoms with Gasteiger partial charge in [0.05, 0.1) is 40.0 Å². The molecule has 2 aliphatic carbocycles. The van der Waals surface area contributed by atoms with Gasteiger partial charge in [0.25, 0.3) is 21.6 Å². The molecular weight excluding hydrogens is 880 g/mol. The van der Waals surface area contributed by atoms with Gasteiger partial charge in [0.2, 0.25) is 0 Å². The quantitative estimate of drug-likeness (QED) is 0.0651. The summed E-state index contributed by atoms with van der Waals surface area (Å²) in [5, 5.41) is 20.6. The van der Waals surface area contributed by atoms with Crippen molar-refractivity contribution in [2.45, 2.75) is 75.8 Å². The zero-order valence-corrected chi connectivity index (χ0v) is 38.9. The van der Waals surface area contributed by atoms with Gasteiger partial charge in [-0.25, -0.2) is 18.1 Å². The Morgan fingerprint density at radius 2 is 1.82 bits per heavy atom. The van der Waals surface area contributed by atoms with Crippen molar-refractivity contribution in [3.8, 4) is 11.5 Å². The van der Waals surface area contributed by atoms with Crippen LogP contribution in [0.4, 0.5) is 17.1 Å². The summed E-state index contributed by atoms with van der Waals surface area (Å²) in [7, 11) is -4.59. The Labute approximate surface area is 390 Å². The number of carbonyl (C=O) groups is 1. The van der Waals surface area contributed by atoms with E-state index in [9.17, 15) is 23.3 Å². The highest BCUT2D eigenvalue weighted by atomic mass is 35.5. The number of hydrogen-bond acceptors (Lipinski definition) is 12. The molecule has 17 heteroatoms. The van der Waals surface area contributed by atoms with E-state index in [-0.39, 0.29) is 34.6 Å². The number of nitrogens with one attached hydrogen (secondary N) is 4. The van der Waals surface area contributed by atoms with Crippen molar-refractivity contribution in [1.82, 2.24) is 24.9 Å². The highest BCUT2D eigenvalue weighted by Gasteiger charge is 2.33. The number of nitro benzene ring substituents is 1. The number of ether oxygens (including phenoxy) is 2. The molecular formula is C49H57ClN8O7S. The highest BCUT2D eigenvalue weighted by Crippen LogP contribution is 2.44. The molecule has 1 unspecified atom stereocenters. The van der Waals surface area contributed by atoms with Gasteiger partial charge in [0.15, 0.2) is 5.75 Å². The largest absolute Gasteiger partial charge is 0.453 e. The first-order valence-corrected chi connectivity index (χ1v) is 24.8. The number of aromatic amines is 1. The van der Waals surface area contributed by atoms with E-state index in [1.165, 1.54) is 34.9 Å². The van der Waals surface area contributed by atoms with Gasteiger partial charge in [-0.05, 0) is 116 Å². The minimum absolute atomic E-state index is 0.0182. The number of carbonyl (C=O) groups excluding carboxylic acids is 1. The van der Waals surface area contributed by atoms with Crippen molar-refractivity contribution in [3.05, 3.63) is 117 Å². The molecule has 0 radical (unpaired) electrons. The normalized spacial score (nSPS) is 21.7. The minimum Gasteiger partial charge on any atom is -0.453 e. The van der Waals surface area contributed by atoms with E-state index in [2.05, 4.69) is 61.1 Å². The molecule has 4 heterocycles. The lowest BCUT2D eigenvalue weighted by atomic mass is 9.72. The number of halogens is 1. The van der Waals surface area contributed by atoms with E-state index >= 15 is 0 Å². The first-order chi connectivity index (χ1) is 31.8. The number of benzene rings is 3. The second-order valence-corrected chi connectivity index (χ2v) is 20.9. The standard InChI is InChI=1S/C49H57ClN8O7S/c1-49(2)18-16-35(41(28-49)32-6-10-36(50)11-7-32)31-56-21-23-57(24-22-56)43-5-3-4-40(46(43)65-38-26-34-17-19-52-47(34)53-29-38)48(59)55-66(62,63)39-14-15-42(44(27-39)58(60)61)54-37-12-8-33(9-13-37)45-30-51-20-25-64-45/h3-7,10-11,14-15,17,19,26-27,29,33,37,45,51,54H,8-9,12-13,16,18,20-25,28,30-31H2,1-2H3,(H,52,53)(H,55,59)/t33-,37-,45?. The number of H-pyrrole nitrogens is 1. The van der Waals surface area contributed by atoms with Gasteiger partial charge in [-0.15, -0.1) is 0 Å². The number of piperazine rings is 1. The molecule has 3 aromatic carbocycles. The topological polar surface area (TPSA) is 184 Å². The first-order valence-electron chi connectivity index (χ1n) is 22.9. The lowest BCUT2D eigenvalue weighted by Crippen LogP contribution is -2.47. The number of sulfonamides is 1. The first kappa shape index (κ1) is 45.6. The maximum Gasteiger partial charge on any atom is 0.293 e. The van der Waals surface area contributed by atoms with Crippen LogP contribution in [0.15, 0.2) is 95.7 Å². The van der Waals surface area contributed by atoms with Crippen LogP contribution in [0.2, 0.25) is 5.02 Å². The van der Waals surface area contributed by atoms with Crippen LogP contribution in [0.25, 0.3) is 16.6 Å². The van der Waals surface area contributed by atoms with Crippen LogP contribution in [0, 0.1) is 21.4 Å². The lowest BCUT2D eigenvalue weighted by Gasteiger charge is -2.39. The van der Waals surface area contributed by atoms with Crippen molar-refractivity contribution in [1.29, 1.82) is 0 Å². The monoisotopic (exact) mass is 936 g/mol. The fourth-order valence-corrected chi connectivity index (χ4v) is 11.1. The Bertz CT molecular complexity index is 2720. The van der Waals surface area contributed by atoms with Gasteiger partial charge >= 0.3 is 0 Å². The molecule has 66 heavy (non-hydrogen) atoms. The van der Waals surface area contributed by atoms with E-state index in [0.717, 1.165) is 94.1 Å². The van der Waals surface area contributed by atoms with Crippen molar-refractivity contribution in [3.63, 3.8) is 0 Å². The summed E-state index contributed by atoms with van der Waals surface area (Å²) in [6.07, 6.45) is 10.0. The summed E-state index contributed by atoms with van der Waals surface area (Å²) in [4.78, 5) is 37.7. The van der Waals surface area contributed by atoms with Crippen LogP contribution in [-0.4, -0.2) is 98.7 Å². The smallest absolute Gasteiger partial charge is 0.293 e. The molecule has 9 rings (SSSR count). The maximum atomic E-state index is 14.2. The molecule has 2 saturated heterocycles. The Morgan fingerprint density at radius 1 is 1.03 bits per heavy atom. The van der Waals surface area contributed by atoms with E-state index in [0.29, 0.717) is 42.7 Å². The molecule has 1 atom stereocenters. The second-order valence-electron chi connectivity index (χ2n) is 18.8. The Morgan fingerprint density at radius 3 is 2.56 bits per heavy atom. The average Bonchev–Trinajstić information content (AvgIpc) is 3.79. The molecule has 1 saturated carbocycles. The Kier molecular flexibility index (Phi) is 13.4. The third-order valence-electron chi connectivity index (χ3n) is 13.7. The molecule has 2 aromatic heterocycles. The third-order valence-corrected chi connectivity index (χ3v) is 15.2. The highest BCUT2D eigenvalue weighted by molar-refractivity contribution is 7.90. The maximum absolute atomic E-state index is 14.2. The number of anilines is 2. The van der Waals surface area contributed by atoms with Crippen molar-refractivity contribution >= 4 is 61.2 Å². The Hall–Kier alpha value is -5.52. The molecule has 1 amide bonds. The minimum atomic E-state index is -4.59. The number of nitrogens with zero attached hydrogens (tertiary/aromatic N) is 4. The molecule has 15 nitrogen and oxygen atoms in total. The molecule has 348 valence electrons. The van der Waals surface area contributed by atoms with Crippen LogP contribution in [0.3, 0.4) is 0 Å². The number of amides is 1. The number of nitro groups is 1. The molecule has 2 aliphatic heterocycles. The van der Waals surface area contributed by atoms with E-state index < -0.39 is 31.4 Å². The number of morpholine rings is 1. The van der Waals surface area contributed by atoms with Gasteiger partial charge in [0, 0.05) is 74.5 Å². The molecule has 4 N–H and O–H groups in total. The predicted octanol–water partition coefficient (Wildman–Crippen LogP) is 8.78. The van der Waals surface area contributed by atoms with Crippen LogP contribution in [0.1, 0.15) is 74.7 Å².